The number of hydrogen-bond donors (Lipinski definition) is 1. The van der Waals surface area contributed by atoms with Crippen molar-refractivity contribution in [1.29, 1.82) is 0 Å². The molecule has 0 radical (unpaired) electrons. The minimum absolute atomic E-state index is 0.0602. The van der Waals surface area contributed by atoms with Gasteiger partial charge in [0.2, 0.25) is 0 Å². The van der Waals surface area contributed by atoms with Gasteiger partial charge in [-0.1, -0.05) is 13.8 Å². The van der Waals surface area contributed by atoms with Gasteiger partial charge in [0.05, 0.1) is 10.7 Å². The molecule has 0 amide bonds. The zero-order valence-electron chi connectivity index (χ0n) is 10.2. The summed E-state index contributed by atoms with van der Waals surface area (Å²) in [5, 5.41) is 3.25. The third-order valence-electron chi connectivity index (χ3n) is 2.83. The monoisotopic (exact) mass is 247 g/mol. The van der Waals surface area contributed by atoms with Crippen LogP contribution in [0.4, 0.5) is 0 Å². The number of hydrogen-bond acceptors (Lipinski definition) is 4. The van der Waals surface area contributed by atoms with Crippen LogP contribution in [0.25, 0.3) is 11.3 Å². The van der Waals surface area contributed by atoms with E-state index < -0.39 is 0 Å². The molecule has 0 unspecified atom stereocenters. The average molecular weight is 247 g/mol. The van der Waals surface area contributed by atoms with Gasteiger partial charge in [0.25, 0.3) is 0 Å². The zero-order valence-corrected chi connectivity index (χ0v) is 11.0. The van der Waals surface area contributed by atoms with Crippen molar-refractivity contribution in [2.45, 2.75) is 25.7 Å². The largest absolute Gasteiger partial charge is 0.330 e. The van der Waals surface area contributed by atoms with Crippen LogP contribution in [0.15, 0.2) is 29.9 Å². The predicted molar refractivity (Wildman–Crippen MR) is 72.0 cm³/mol. The summed E-state index contributed by atoms with van der Waals surface area (Å²) in [6, 6.07) is 3.96. The molecule has 0 aliphatic carbocycles. The number of aromatic nitrogens is 2. The Bertz CT molecular complexity index is 476. The quantitative estimate of drug-likeness (QED) is 0.904. The Balaban J connectivity index is 2.28. The van der Waals surface area contributed by atoms with Crippen molar-refractivity contribution in [3.63, 3.8) is 0 Å². The van der Waals surface area contributed by atoms with Crippen LogP contribution in [0.1, 0.15) is 25.3 Å². The first-order chi connectivity index (χ1) is 8.13. The van der Waals surface area contributed by atoms with Gasteiger partial charge < -0.3 is 5.73 Å². The summed E-state index contributed by atoms with van der Waals surface area (Å²) >= 11 is 1.70. The van der Waals surface area contributed by atoms with E-state index in [2.05, 4.69) is 24.2 Å². The molecule has 0 aliphatic heterocycles. The first-order valence-corrected chi connectivity index (χ1v) is 6.58. The molecular weight excluding hydrogens is 230 g/mol. The lowest BCUT2D eigenvalue weighted by Gasteiger charge is -2.20. The number of thiazole rings is 1. The number of pyridine rings is 1. The van der Waals surface area contributed by atoms with Crippen molar-refractivity contribution < 1.29 is 0 Å². The molecule has 0 saturated carbocycles. The van der Waals surface area contributed by atoms with Crippen LogP contribution in [0.2, 0.25) is 0 Å². The lowest BCUT2D eigenvalue weighted by Crippen LogP contribution is -2.21. The lowest BCUT2D eigenvalue weighted by atomic mass is 9.90. The maximum Gasteiger partial charge on any atom is 0.0989 e. The molecule has 90 valence electrons. The van der Waals surface area contributed by atoms with E-state index in [4.69, 9.17) is 10.7 Å². The lowest BCUT2D eigenvalue weighted by molar-refractivity contribution is 0.485. The summed E-state index contributed by atoms with van der Waals surface area (Å²) < 4.78 is 0. The Morgan fingerprint density at radius 3 is 2.65 bits per heavy atom. The Labute approximate surface area is 106 Å². The topological polar surface area (TPSA) is 51.8 Å². The van der Waals surface area contributed by atoms with Crippen LogP contribution in [0.3, 0.4) is 0 Å². The molecule has 2 aromatic heterocycles. The summed E-state index contributed by atoms with van der Waals surface area (Å²) in [6.45, 7) is 5.07. The van der Waals surface area contributed by atoms with Crippen LogP contribution < -0.4 is 5.73 Å². The standard InChI is InChI=1S/C13H17N3S/c1-13(2,5-6-14)12-16-11(9-17-12)10-3-7-15-8-4-10/h3-4,7-9H,5-6,14H2,1-2H3. The molecule has 2 heterocycles. The third kappa shape index (κ3) is 2.70. The molecule has 0 atom stereocenters. The predicted octanol–water partition coefficient (Wildman–Crippen LogP) is 2.83. The van der Waals surface area contributed by atoms with E-state index in [9.17, 15) is 0 Å². The highest BCUT2D eigenvalue weighted by Crippen LogP contribution is 2.32. The van der Waals surface area contributed by atoms with Crippen molar-refractivity contribution >= 4 is 11.3 Å². The van der Waals surface area contributed by atoms with E-state index in [-0.39, 0.29) is 5.41 Å². The highest BCUT2D eigenvalue weighted by atomic mass is 32.1. The van der Waals surface area contributed by atoms with E-state index in [0.29, 0.717) is 6.54 Å². The van der Waals surface area contributed by atoms with Gasteiger partial charge in [-0.2, -0.15) is 0 Å². The van der Waals surface area contributed by atoms with Crippen LogP contribution in [-0.4, -0.2) is 16.5 Å². The highest BCUT2D eigenvalue weighted by molar-refractivity contribution is 7.10. The molecule has 0 fully saturated rings. The Morgan fingerprint density at radius 1 is 1.29 bits per heavy atom. The summed E-state index contributed by atoms with van der Waals surface area (Å²) in [6.07, 6.45) is 4.54. The first kappa shape index (κ1) is 12.2. The van der Waals surface area contributed by atoms with Crippen LogP contribution in [-0.2, 0) is 5.41 Å². The molecule has 0 aromatic carbocycles. The van der Waals surface area contributed by atoms with Crippen LogP contribution in [0, 0.1) is 0 Å². The molecule has 0 saturated heterocycles. The van der Waals surface area contributed by atoms with E-state index >= 15 is 0 Å². The molecule has 17 heavy (non-hydrogen) atoms. The zero-order chi connectivity index (χ0) is 12.3. The van der Waals surface area contributed by atoms with Gasteiger partial charge in [0, 0.05) is 28.8 Å². The number of nitrogens with two attached hydrogens (primary N) is 1. The molecule has 0 spiro atoms. The number of nitrogens with zero attached hydrogens (tertiary/aromatic N) is 2. The van der Waals surface area contributed by atoms with Gasteiger partial charge in [-0.05, 0) is 25.1 Å². The van der Waals surface area contributed by atoms with E-state index in [1.54, 1.807) is 23.7 Å². The fourth-order valence-electron chi connectivity index (χ4n) is 1.71. The second-order valence-corrected chi connectivity index (χ2v) is 5.55. The van der Waals surface area contributed by atoms with E-state index in [1.165, 1.54) is 0 Å². The highest BCUT2D eigenvalue weighted by Gasteiger charge is 2.23. The molecular formula is C13H17N3S. The Kier molecular flexibility index (Phi) is 3.54. The fourth-order valence-corrected chi connectivity index (χ4v) is 2.69. The summed E-state index contributed by atoms with van der Waals surface area (Å²) in [7, 11) is 0. The SMILES string of the molecule is CC(C)(CCN)c1nc(-c2ccncc2)cs1. The molecule has 2 aromatic rings. The van der Waals surface area contributed by atoms with Crippen molar-refractivity contribution in [3.05, 3.63) is 34.9 Å². The van der Waals surface area contributed by atoms with Gasteiger partial charge in [0.15, 0.2) is 0 Å². The molecule has 0 bridgehead atoms. The van der Waals surface area contributed by atoms with Crippen LogP contribution in [0.5, 0.6) is 0 Å². The maximum atomic E-state index is 5.64. The van der Waals surface area contributed by atoms with E-state index in [0.717, 1.165) is 22.7 Å². The average Bonchev–Trinajstić information content (AvgIpc) is 2.80. The van der Waals surface area contributed by atoms with Crippen molar-refractivity contribution in [3.8, 4) is 11.3 Å². The minimum Gasteiger partial charge on any atom is -0.330 e. The van der Waals surface area contributed by atoms with Crippen molar-refractivity contribution in [2.75, 3.05) is 6.54 Å². The van der Waals surface area contributed by atoms with Gasteiger partial charge in [-0.15, -0.1) is 11.3 Å². The second kappa shape index (κ2) is 4.94. The molecule has 2 N–H and O–H groups in total. The van der Waals surface area contributed by atoms with Crippen molar-refractivity contribution in [1.82, 2.24) is 9.97 Å². The second-order valence-electron chi connectivity index (χ2n) is 4.70. The van der Waals surface area contributed by atoms with Crippen LogP contribution >= 0.6 is 11.3 Å². The molecule has 0 aliphatic rings. The Hall–Kier alpha value is -1.26. The van der Waals surface area contributed by atoms with Gasteiger partial charge in [0.1, 0.15) is 0 Å². The van der Waals surface area contributed by atoms with Gasteiger partial charge >= 0.3 is 0 Å². The normalized spacial score (nSPS) is 11.7. The van der Waals surface area contributed by atoms with Gasteiger partial charge in [-0.3, -0.25) is 4.98 Å². The maximum absolute atomic E-state index is 5.64. The number of rotatable bonds is 4. The van der Waals surface area contributed by atoms with Crippen molar-refractivity contribution in [2.24, 2.45) is 5.73 Å². The molecule has 4 heteroatoms. The summed E-state index contributed by atoms with van der Waals surface area (Å²) in [4.78, 5) is 8.72. The first-order valence-electron chi connectivity index (χ1n) is 5.70. The summed E-state index contributed by atoms with van der Waals surface area (Å²) in [5.74, 6) is 0. The molecule has 3 nitrogen and oxygen atoms in total. The van der Waals surface area contributed by atoms with E-state index in [1.807, 2.05) is 12.1 Å². The molecule has 2 rings (SSSR count). The minimum atomic E-state index is 0.0602. The fraction of sp³-hybridized carbons (Fsp3) is 0.385. The van der Waals surface area contributed by atoms with Gasteiger partial charge in [-0.25, -0.2) is 4.98 Å². The Morgan fingerprint density at radius 2 is 2.00 bits per heavy atom. The third-order valence-corrected chi connectivity index (χ3v) is 4.04. The smallest absolute Gasteiger partial charge is 0.0989 e. The summed E-state index contributed by atoms with van der Waals surface area (Å²) in [5.41, 5.74) is 7.84.